The fraction of sp³-hybridized carbons (Fsp3) is 0.556. The molecule has 0 aromatic carbocycles. The summed E-state index contributed by atoms with van der Waals surface area (Å²) in [5, 5.41) is 3.17. The van der Waals surface area contributed by atoms with E-state index in [2.05, 4.69) is 11.4 Å². The van der Waals surface area contributed by atoms with Gasteiger partial charge in [0.1, 0.15) is 0 Å². The van der Waals surface area contributed by atoms with Gasteiger partial charge in [0.15, 0.2) is 0 Å². The van der Waals surface area contributed by atoms with Crippen molar-refractivity contribution in [3.63, 3.8) is 0 Å². The Morgan fingerprint density at radius 1 is 1.67 bits per heavy atom. The zero-order valence-electron chi connectivity index (χ0n) is 7.05. The smallest absolute Gasteiger partial charge is 0.0963 e. The molecule has 0 aliphatic carbocycles. The Labute approximate surface area is 72.3 Å². The minimum atomic E-state index is 0.109. The van der Waals surface area contributed by atoms with Crippen molar-refractivity contribution in [2.45, 2.75) is 12.5 Å². The van der Waals surface area contributed by atoms with Crippen molar-refractivity contribution in [1.29, 1.82) is 0 Å². The molecule has 1 fully saturated rings. The van der Waals surface area contributed by atoms with Crippen molar-refractivity contribution < 1.29 is 4.74 Å². The van der Waals surface area contributed by atoms with Gasteiger partial charge in [-0.3, -0.25) is 0 Å². The Bertz CT molecular complexity index is 233. The standard InChI is InChI=1S/C9H14N2O/c10-5-9-8-6-11-3-1-7(8)2-4-12-9/h1,6,9,11H,2-5,10H2. The highest BCUT2D eigenvalue weighted by Gasteiger charge is 2.23. The molecule has 2 heterocycles. The second kappa shape index (κ2) is 3.29. The highest BCUT2D eigenvalue weighted by atomic mass is 16.5. The average Bonchev–Trinajstić information content (AvgIpc) is 2.17. The van der Waals surface area contributed by atoms with Gasteiger partial charge in [-0.05, 0) is 12.0 Å². The lowest BCUT2D eigenvalue weighted by Crippen LogP contribution is -2.34. The zero-order chi connectivity index (χ0) is 8.39. The van der Waals surface area contributed by atoms with Crippen LogP contribution in [-0.2, 0) is 4.74 Å². The highest BCUT2D eigenvalue weighted by Crippen LogP contribution is 2.25. The van der Waals surface area contributed by atoms with Gasteiger partial charge in [-0.25, -0.2) is 0 Å². The first-order chi connectivity index (χ1) is 5.92. The Morgan fingerprint density at radius 3 is 3.42 bits per heavy atom. The summed E-state index contributed by atoms with van der Waals surface area (Å²) in [5.74, 6) is 0. The topological polar surface area (TPSA) is 47.3 Å². The summed E-state index contributed by atoms with van der Waals surface area (Å²) in [6.45, 7) is 2.33. The van der Waals surface area contributed by atoms with Crippen LogP contribution in [0.5, 0.6) is 0 Å². The summed E-state index contributed by atoms with van der Waals surface area (Å²) < 4.78 is 5.52. The van der Waals surface area contributed by atoms with E-state index in [4.69, 9.17) is 10.5 Å². The van der Waals surface area contributed by atoms with Crippen molar-refractivity contribution in [1.82, 2.24) is 5.32 Å². The Morgan fingerprint density at radius 2 is 2.58 bits per heavy atom. The van der Waals surface area contributed by atoms with Crippen LogP contribution < -0.4 is 11.1 Å². The van der Waals surface area contributed by atoms with Gasteiger partial charge in [-0.2, -0.15) is 0 Å². The number of rotatable bonds is 1. The molecule has 3 nitrogen and oxygen atoms in total. The SMILES string of the molecule is NCC1OCCC2=CCNC=C21. The van der Waals surface area contributed by atoms with Crippen molar-refractivity contribution in [3.05, 3.63) is 23.4 Å². The van der Waals surface area contributed by atoms with Crippen molar-refractivity contribution in [2.75, 3.05) is 19.7 Å². The van der Waals surface area contributed by atoms with E-state index in [0.717, 1.165) is 19.6 Å². The molecule has 3 heteroatoms. The minimum Gasteiger partial charge on any atom is -0.387 e. The lowest BCUT2D eigenvalue weighted by atomic mass is 9.94. The number of nitrogens with one attached hydrogen (secondary N) is 1. The van der Waals surface area contributed by atoms with Crippen LogP contribution in [-0.4, -0.2) is 25.8 Å². The molecule has 12 heavy (non-hydrogen) atoms. The molecular formula is C9H14N2O. The predicted octanol–water partition coefficient (Wildman–Crippen LogP) is 0.147. The maximum atomic E-state index is 5.59. The van der Waals surface area contributed by atoms with Crippen LogP contribution in [0.2, 0.25) is 0 Å². The minimum absolute atomic E-state index is 0.109. The lowest BCUT2D eigenvalue weighted by molar-refractivity contribution is 0.0717. The van der Waals surface area contributed by atoms with Gasteiger partial charge in [-0.1, -0.05) is 6.08 Å². The van der Waals surface area contributed by atoms with Crippen molar-refractivity contribution in [2.24, 2.45) is 5.73 Å². The molecule has 2 rings (SSSR count). The fourth-order valence-corrected chi connectivity index (χ4v) is 1.70. The number of ether oxygens (including phenoxy) is 1. The van der Waals surface area contributed by atoms with Crippen LogP contribution in [0.3, 0.4) is 0 Å². The molecular weight excluding hydrogens is 152 g/mol. The summed E-state index contributed by atoms with van der Waals surface area (Å²) in [6.07, 6.45) is 5.40. The van der Waals surface area contributed by atoms with Crippen LogP contribution in [0.4, 0.5) is 0 Å². The van der Waals surface area contributed by atoms with Gasteiger partial charge < -0.3 is 15.8 Å². The normalized spacial score (nSPS) is 28.2. The van der Waals surface area contributed by atoms with E-state index in [1.165, 1.54) is 11.1 Å². The molecule has 0 radical (unpaired) electrons. The number of hydrogen-bond donors (Lipinski definition) is 2. The van der Waals surface area contributed by atoms with E-state index in [-0.39, 0.29) is 6.10 Å². The third kappa shape index (κ3) is 1.26. The van der Waals surface area contributed by atoms with E-state index in [1.54, 1.807) is 0 Å². The Hall–Kier alpha value is -0.800. The molecule has 0 saturated carbocycles. The molecule has 0 aromatic rings. The largest absolute Gasteiger partial charge is 0.387 e. The van der Waals surface area contributed by atoms with Crippen molar-refractivity contribution in [3.8, 4) is 0 Å². The third-order valence-corrected chi connectivity index (χ3v) is 2.35. The second-order valence-electron chi connectivity index (χ2n) is 3.08. The molecule has 3 N–H and O–H groups in total. The first kappa shape index (κ1) is 7.83. The predicted molar refractivity (Wildman–Crippen MR) is 47.6 cm³/mol. The number of dihydropyridines is 1. The molecule has 2 aliphatic heterocycles. The first-order valence-corrected chi connectivity index (χ1v) is 4.36. The van der Waals surface area contributed by atoms with E-state index >= 15 is 0 Å². The molecule has 1 unspecified atom stereocenters. The van der Waals surface area contributed by atoms with Gasteiger partial charge in [0.05, 0.1) is 12.7 Å². The summed E-state index contributed by atoms with van der Waals surface area (Å²) in [7, 11) is 0. The monoisotopic (exact) mass is 166 g/mol. The van der Waals surface area contributed by atoms with Crippen molar-refractivity contribution >= 4 is 0 Å². The van der Waals surface area contributed by atoms with Crippen LogP contribution in [0, 0.1) is 0 Å². The summed E-state index contributed by atoms with van der Waals surface area (Å²) >= 11 is 0. The molecule has 0 aromatic heterocycles. The van der Waals surface area contributed by atoms with Gasteiger partial charge in [-0.15, -0.1) is 0 Å². The van der Waals surface area contributed by atoms with Crippen LogP contribution in [0.15, 0.2) is 23.4 Å². The van der Waals surface area contributed by atoms with Crippen LogP contribution >= 0.6 is 0 Å². The summed E-state index contributed by atoms with van der Waals surface area (Å²) in [6, 6.07) is 0. The maximum absolute atomic E-state index is 5.59. The maximum Gasteiger partial charge on any atom is 0.0963 e. The zero-order valence-corrected chi connectivity index (χ0v) is 7.05. The second-order valence-corrected chi connectivity index (χ2v) is 3.08. The van der Waals surface area contributed by atoms with E-state index in [0.29, 0.717) is 6.54 Å². The van der Waals surface area contributed by atoms with Gasteiger partial charge in [0, 0.05) is 24.9 Å². The van der Waals surface area contributed by atoms with Crippen LogP contribution in [0.25, 0.3) is 0 Å². The first-order valence-electron chi connectivity index (χ1n) is 4.36. The molecule has 2 aliphatic rings. The molecule has 66 valence electrons. The Kier molecular flexibility index (Phi) is 2.15. The van der Waals surface area contributed by atoms with E-state index < -0.39 is 0 Å². The average molecular weight is 166 g/mol. The third-order valence-electron chi connectivity index (χ3n) is 2.35. The fourth-order valence-electron chi connectivity index (χ4n) is 1.70. The molecule has 0 amide bonds. The van der Waals surface area contributed by atoms with Gasteiger partial charge in [0.2, 0.25) is 0 Å². The Balaban J connectivity index is 2.20. The lowest BCUT2D eigenvalue weighted by Gasteiger charge is -2.29. The van der Waals surface area contributed by atoms with Crippen LogP contribution in [0.1, 0.15) is 6.42 Å². The molecule has 0 bridgehead atoms. The quantitative estimate of drug-likeness (QED) is 0.583. The number of nitrogens with two attached hydrogens (primary N) is 1. The molecule has 1 atom stereocenters. The molecule has 1 saturated heterocycles. The van der Waals surface area contributed by atoms with E-state index in [1.807, 2.05) is 6.20 Å². The molecule has 0 spiro atoms. The number of fused-ring (bicyclic) bond motifs is 1. The van der Waals surface area contributed by atoms with E-state index in [9.17, 15) is 0 Å². The summed E-state index contributed by atoms with van der Waals surface area (Å²) in [5.41, 5.74) is 8.25. The van der Waals surface area contributed by atoms with Gasteiger partial charge in [0.25, 0.3) is 0 Å². The summed E-state index contributed by atoms with van der Waals surface area (Å²) in [4.78, 5) is 0. The van der Waals surface area contributed by atoms with Gasteiger partial charge >= 0.3 is 0 Å². The number of hydrogen-bond acceptors (Lipinski definition) is 3. The highest BCUT2D eigenvalue weighted by molar-refractivity contribution is 5.38.